The molecule has 0 spiro atoms. The molecule has 0 amide bonds. The Hall–Kier alpha value is -0.960. The van der Waals surface area contributed by atoms with E-state index in [0.29, 0.717) is 0 Å². The van der Waals surface area contributed by atoms with Crippen LogP contribution in [0.25, 0.3) is 0 Å². The Balaban J connectivity index is 2.88. The number of nitrogens with two attached hydrogens (primary N) is 1. The second-order valence-electron chi connectivity index (χ2n) is 7.79. The molecule has 2 unspecified atom stereocenters. The van der Waals surface area contributed by atoms with Gasteiger partial charge in [0.1, 0.15) is 30.5 Å². The molecule has 1 aliphatic carbocycles. The average Bonchev–Trinajstić information content (AvgIpc) is 2.72. The molecule has 2 rings (SSSR count). The highest BCUT2D eigenvalue weighted by Crippen LogP contribution is 2.55. The number of hydrogen-bond donors (Lipinski definition) is 11. The summed E-state index contributed by atoms with van der Waals surface area (Å²) >= 11 is 0. The fourth-order valence-corrected chi connectivity index (χ4v) is 6.24. The first-order valence-electron chi connectivity index (χ1n) is 10.0. The van der Waals surface area contributed by atoms with E-state index in [9.17, 15) is 76.6 Å². The molecular formula is C13H22NO22P5. The van der Waals surface area contributed by atoms with Gasteiger partial charge in [0.25, 0.3) is 0 Å². The lowest BCUT2D eigenvalue weighted by Gasteiger charge is -2.48. The number of anilines is 1. The molecule has 1 saturated carbocycles. The van der Waals surface area contributed by atoms with Gasteiger partial charge in [0, 0.05) is 5.69 Å². The molecule has 0 aliphatic heterocycles. The van der Waals surface area contributed by atoms with E-state index in [-0.39, 0.29) is 5.69 Å². The van der Waals surface area contributed by atoms with Gasteiger partial charge in [0.15, 0.2) is 6.10 Å². The summed E-state index contributed by atoms with van der Waals surface area (Å²) in [5, 5.41) is 0. The van der Waals surface area contributed by atoms with Crippen LogP contribution in [0.15, 0.2) is 24.3 Å². The topological polar surface area (TPSA) is 386 Å². The highest BCUT2D eigenvalue weighted by molar-refractivity contribution is 7.47. The van der Waals surface area contributed by atoms with E-state index in [1.165, 1.54) is 0 Å². The smallest absolute Gasteiger partial charge is 0.453 e. The van der Waals surface area contributed by atoms with Crippen molar-refractivity contribution in [3.05, 3.63) is 29.8 Å². The normalized spacial score (nSPS) is 26.5. The summed E-state index contributed by atoms with van der Waals surface area (Å²) in [6.45, 7) is 0. The maximum atomic E-state index is 12.8. The van der Waals surface area contributed by atoms with Crippen molar-refractivity contribution in [1.82, 2.24) is 0 Å². The summed E-state index contributed by atoms with van der Waals surface area (Å²) < 4.78 is 85.1. The minimum atomic E-state index is -5.98. The van der Waals surface area contributed by atoms with E-state index < -0.39 is 87.3 Å². The number of phosphoric ester groups is 5. The lowest BCUT2D eigenvalue weighted by Crippen LogP contribution is -2.67. The SMILES string of the molecule is Nc1ccc(C(=O)OC2[C@@H](OP(=O)(O)O)[C@H](OP(=O)(O)O)C(OP(=O)(O)O)[C@H](OP(=O)(O)O)[C@H]2OP(=O)(O)O)cc1. The molecule has 1 fully saturated rings. The van der Waals surface area contributed by atoms with Crippen molar-refractivity contribution in [3.63, 3.8) is 0 Å². The second kappa shape index (κ2) is 13.0. The lowest BCUT2D eigenvalue weighted by molar-refractivity contribution is -0.205. The van der Waals surface area contributed by atoms with Crippen LogP contribution in [0.3, 0.4) is 0 Å². The van der Waals surface area contributed by atoms with E-state index in [1.807, 2.05) is 0 Å². The molecule has 0 bridgehead atoms. The van der Waals surface area contributed by atoms with Gasteiger partial charge in [0.2, 0.25) is 0 Å². The molecule has 41 heavy (non-hydrogen) atoms. The molecule has 236 valence electrons. The van der Waals surface area contributed by atoms with E-state index in [1.54, 1.807) is 0 Å². The fraction of sp³-hybridized carbons (Fsp3) is 0.462. The summed E-state index contributed by atoms with van der Waals surface area (Å²) in [6, 6.07) is 4.25. The van der Waals surface area contributed by atoms with E-state index in [0.717, 1.165) is 24.3 Å². The maximum absolute atomic E-state index is 12.8. The number of carbonyl (C=O) groups excluding carboxylic acids is 1. The third kappa shape index (κ3) is 12.3. The Bertz CT molecular complexity index is 1260. The molecule has 1 aromatic rings. The van der Waals surface area contributed by atoms with Crippen LogP contribution in [-0.4, -0.2) is 91.5 Å². The lowest BCUT2D eigenvalue weighted by atomic mass is 9.85. The van der Waals surface area contributed by atoms with Crippen LogP contribution in [-0.2, 0) is 50.2 Å². The van der Waals surface area contributed by atoms with Crippen molar-refractivity contribution in [2.24, 2.45) is 0 Å². The van der Waals surface area contributed by atoms with Crippen LogP contribution < -0.4 is 5.73 Å². The van der Waals surface area contributed by atoms with Crippen LogP contribution in [0.1, 0.15) is 10.4 Å². The number of ether oxygens (including phenoxy) is 1. The number of nitrogen functional groups attached to an aromatic ring is 1. The summed E-state index contributed by atoms with van der Waals surface area (Å²) in [6.07, 6.45) is -17.8. The van der Waals surface area contributed by atoms with Crippen LogP contribution in [0.2, 0.25) is 0 Å². The van der Waals surface area contributed by atoms with Gasteiger partial charge in [0.05, 0.1) is 5.56 Å². The number of hydrogen-bond acceptors (Lipinski definition) is 13. The van der Waals surface area contributed by atoms with Crippen LogP contribution in [0, 0.1) is 0 Å². The largest absolute Gasteiger partial charge is 0.470 e. The van der Waals surface area contributed by atoms with E-state index >= 15 is 0 Å². The first-order chi connectivity index (χ1) is 18.2. The van der Waals surface area contributed by atoms with Gasteiger partial charge in [-0.05, 0) is 24.3 Å². The van der Waals surface area contributed by atoms with Crippen LogP contribution >= 0.6 is 39.1 Å². The minimum absolute atomic E-state index is 0.104. The zero-order valence-electron chi connectivity index (χ0n) is 19.5. The summed E-state index contributed by atoms with van der Waals surface area (Å²) in [5.41, 5.74) is 5.15. The molecule has 23 nitrogen and oxygen atoms in total. The predicted molar refractivity (Wildman–Crippen MR) is 125 cm³/mol. The molecule has 1 aliphatic rings. The number of benzene rings is 1. The third-order valence-corrected chi connectivity index (χ3v) is 7.22. The maximum Gasteiger partial charge on any atom is 0.470 e. The molecule has 6 atom stereocenters. The third-order valence-electron chi connectivity index (χ3n) is 4.63. The molecule has 0 aromatic heterocycles. The van der Waals surface area contributed by atoms with Crippen molar-refractivity contribution in [2.45, 2.75) is 36.6 Å². The highest BCUT2D eigenvalue weighted by Gasteiger charge is 2.62. The van der Waals surface area contributed by atoms with Crippen LogP contribution in [0.4, 0.5) is 5.69 Å². The van der Waals surface area contributed by atoms with Gasteiger partial charge in [-0.2, -0.15) is 0 Å². The van der Waals surface area contributed by atoms with E-state index in [4.69, 9.17) is 10.5 Å². The quantitative estimate of drug-likeness (QED) is 0.0651. The van der Waals surface area contributed by atoms with Crippen molar-refractivity contribution in [1.29, 1.82) is 0 Å². The minimum Gasteiger partial charge on any atom is -0.453 e. The molecule has 0 radical (unpaired) electrons. The molecule has 12 N–H and O–H groups in total. The molecular weight excluding hydrogens is 677 g/mol. The van der Waals surface area contributed by atoms with Gasteiger partial charge in [-0.25, -0.2) is 27.6 Å². The van der Waals surface area contributed by atoms with E-state index in [2.05, 4.69) is 22.6 Å². The predicted octanol–water partition coefficient (Wildman–Crippen LogP) is -1.80. The van der Waals surface area contributed by atoms with Crippen LogP contribution in [0.5, 0.6) is 0 Å². The first kappa shape index (κ1) is 36.2. The van der Waals surface area contributed by atoms with Gasteiger partial charge in [-0.15, -0.1) is 0 Å². The number of rotatable bonds is 12. The molecule has 28 heteroatoms. The van der Waals surface area contributed by atoms with Gasteiger partial charge >= 0.3 is 45.1 Å². The molecule has 1 aromatic carbocycles. The monoisotopic (exact) mass is 699 g/mol. The summed E-state index contributed by atoms with van der Waals surface area (Å²) in [5.74, 6) is -1.56. The average molecular weight is 699 g/mol. The Kier molecular flexibility index (Phi) is 11.4. The second-order valence-corrected chi connectivity index (χ2v) is 13.8. The standard InChI is InChI=1S/C13H22NO22P5/c14-6-3-1-5(2-4-6)13(15)31-7-8(32-37(16,17)18)10(34-39(22,23)24)12(36-41(28,29)30)11(35-40(25,26)27)9(7)33-38(19,20)21/h1-4,7-12H,14H2,(H2,16,17,18)(H2,19,20,21)(H2,22,23,24)(H2,25,26,27)(H2,28,29,30)/t7?,8-,9+,10+,11-,12?. The zero-order valence-corrected chi connectivity index (χ0v) is 23.9. The zero-order chi connectivity index (χ0) is 31.8. The number of phosphoric acid groups is 5. The van der Waals surface area contributed by atoms with Gasteiger partial charge in [-0.1, -0.05) is 0 Å². The van der Waals surface area contributed by atoms with Crippen molar-refractivity contribution in [3.8, 4) is 0 Å². The molecule has 0 heterocycles. The van der Waals surface area contributed by atoms with Gasteiger partial charge < -0.3 is 59.4 Å². The number of esters is 1. The Morgan fingerprint density at radius 1 is 0.512 bits per heavy atom. The number of carbonyl (C=O) groups is 1. The Labute approximate surface area is 227 Å². The fourth-order valence-electron chi connectivity index (χ4n) is 3.46. The molecule has 0 saturated heterocycles. The van der Waals surface area contributed by atoms with Crippen molar-refractivity contribution >= 4 is 50.8 Å². The highest BCUT2D eigenvalue weighted by atomic mass is 31.2. The summed E-state index contributed by atoms with van der Waals surface area (Å²) in [7, 11) is -29.8. The Morgan fingerprint density at radius 2 is 0.756 bits per heavy atom. The summed E-state index contributed by atoms with van der Waals surface area (Å²) in [4.78, 5) is 107. The van der Waals surface area contributed by atoms with Crippen molar-refractivity contribution in [2.75, 3.05) is 5.73 Å². The van der Waals surface area contributed by atoms with Gasteiger partial charge in [-0.3, -0.25) is 22.6 Å². The van der Waals surface area contributed by atoms with Crippen molar-refractivity contribution < 1.29 is 104 Å². The first-order valence-corrected chi connectivity index (χ1v) is 17.7. The Morgan fingerprint density at radius 3 is 1.00 bits per heavy atom.